The SMILES string of the molecule is COCC(C)N(C)c1cncc(CNC(C)(C)C)n1. The fraction of sp³-hybridized carbons (Fsp3) is 0.714. The average Bonchev–Trinajstić information content (AvgIpc) is 2.35. The highest BCUT2D eigenvalue weighted by Gasteiger charge is 2.13. The van der Waals surface area contributed by atoms with Crippen molar-refractivity contribution < 1.29 is 4.74 Å². The van der Waals surface area contributed by atoms with Crippen molar-refractivity contribution in [2.75, 3.05) is 25.7 Å². The van der Waals surface area contributed by atoms with Crippen molar-refractivity contribution >= 4 is 5.82 Å². The van der Waals surface area contributed by atoms with Crippen LogP contribution in [0.3, 0.4) is 0 Å². The van der Waals surface area contributed by atoms with Crippen LogP contribution in [-0.4, -0.2) is 42.3 Å². The molecule has 0 aliphatic carbocycles. The molecule has 1 N–H and O–H groups in total. The lowest BCUT2D eigenvalue weighted by Gasteiger charge is -2.25. The predicted octanol–water partition coefficient (Wildman–Crippen LogP) is 1.84. The van der Waals surface area contributed by atoms with Crippen molar-refractivity contribution in [3.8, 4) is 0 Å². The van der Waals surface area contributed by atoms with E-state index in [1.807, 2.05) is 7.05 Å². The summed E-state index contributed by atoms with van der Waals surface area (Å²) in [7, 11) is 3.72. The average molecular weight is 266 g/mol. The molecule has 0 amide bonds. The van der Waals surface area contributed by atoms with Crippen molar-refractivity contribution in [2.24, 2.45) is 0 Å². The Kier molecular flexibility index (Phi) is 5.69. The smallest absolute Gasteiger partial charge is 0.147 e. The van der Waals surface area contributed by atoms with Gasteiger partial charge in [0.25, 0.3) is 0 Å². The van der Waals surface area contributed by atoms with Crippen molar-refractivity contribution in [3.63, 3.8) is 0 Å². The maximum atomic E-state index is 5.17. The zero-order chi connectivity index (χ0) is 14.5. The molecule has 1 heterocycles. The molecular formula is C14H26N4O. The Bertz CT molecular complexity index is 389. The Balaban J connectivity index is 2.71. The number of nitrogens with zero attached hydrogens (tertiary/aromatic N) is 3. The molecule has 0 spiro atoms. The van der Waals surface area contributed by atoms with E-state index >= 15 is 0 Å². The van der Waals surface area contributed by atoms with Gasteiger partial charge in [-0.15, -0.1) is 0 Å². The lowest BCUT2D eigenvalue weighted by Crippen LogP contribution is -2.36. The van der Waals surface area contributed by atoms with Crippen LogP contribution in [0.2, 0.25) is 0 Å². The van der Waals surface area contributed by atoms with Crippen LogP contribution in [0.25, 0.3) is 0 Å². The van der Waals surface area contributed by atoms with E-state index < -0.39 is 0 Å². The number of methoxy groups -OCH3 is 1. The van der Waals surface area contributed by atoms with E-state index in [-0.39, 0.29) is 11.6 Å². The van der Waals surface area contributed by atoms with E-state index in [2.05, 4.69) is 47.9 Å². The van der Waals surface area contributed by atoms with Crippen LogP contribution in [0, 0.1) is 0 Å². The molecule has 108 valence electrons. The topological polar surface area (TPSA) is 50.3 Å². The van der Waals surface area contributed by atoms with Gasteiger partial charge in [-0.1, -0.05) is 0 Å². The summed E-state index contributed by atoms with van der Waals surface area (Å²) >= 11 is 0. The minimum absolute atomic E-state index is 0.0763. The Morgan fingerprint density at radius 2 is 2.05 bits per heavy atom. The molecule has 0 saturated heterocycles. The van der Waals surface area contributed by atoms with Gasteiger partial charge >= 0.3 is 0 Å². The van der Waals surface area contributed by atoms with Crippen molar-refractivity contribution in [1.29, 1.82) is 0 Å². The summed E-state index contributed by atoms with van der Waals surface area (Å²) in [5.41, 5.74) is 1.02. The maximum Gasteiger partial charge on any atom is 0.147 e. The minimum Gasteiger partial charge on any atom is -0.383 e. The first-order chi connectivity index (χ1) is 8.83. The summed E-state index contributed by atoms with van der Waals surface area (Å²) in [5, 5.41) is 3.41. The normalized spacial score (nSPS) is 13.4. The molecule has 0 aromatic carbocycles. The second-order valence-corrected chi connectivity index (χ2v) is 5.89. The molecule has 1 unspecified atom stereocenters. The number of anilines is 1. The van der Waals surface area contributed by atoms with Crippen molar-refractivity contribution in [3.05, 3.63) is 18.1 Å². The third-order valence-corrected chi connectivity index (χ3v) is 2.90. The van der Waals surface area contributed by atoms with Gasteiger partial charge in [-0.2, -0.15) is 0 Å². The van der Waals surface area contributed by atoms with Gasteiger partial charge in [0, 0.05) is 32.4 Å². The van der Waals surface area contributed by atoms with Crippen LogP contribution in [0.4, 0.5) is 5.82 Å². The Hall–Kier alpha value is -1.20. The lowest BCUT2D eigenvalue weighted by atomic mass is 10.1. The number of nitrogens with one attached hydrogen (secondary N) is 1. The third kappa shape index (κ3) is 5.53. The summed E-state index contributed by atoms with van der Waals surface area (Å²) in [6.45, 7) is 9.90. The molecule has 5 heteroatoms. The quantitative estimate of drug-likeness (QED) is 0.851. The van der Waals surface area contributed by atoms with Gasteiger partial charge in [-0.3, -0.25) is 4.98 Å². The number of rotatable bonds is 6. The van der Waals surface area contributed by atoms with Gasteiger partial charge in [0.1, 0.15) is 5.82 Å². The largest absolute Gasteiger partial charge is 0.383 e. The Labute approximate surface area is 116 Å². The predicted molar refractivity (Wildman–Crippen MR) is 78.4 cm³/mol. The number of aromatic nitrogens is 2. The summed E-state index contributed by atoms with van der Waals surface area (Å²) in [4.78, 5) is 11.0. The summed E-state index contributed by atoms with van der Waals surface area (Å²) < 4.78 is 5.17. The lowest BCUT2D eigenvalue weighted by molar-refractivity contribution is 0.183. The highest BCUT2D eigenvalue weighted by atomic mass is 16.5. The summed E-state index contributed by atoms with van der Waals surface area (Å²) in [6.07, 6.45) is 3.59. The van der Waals surface area contributed by atoms with Crippen LogP contribution < -0.4 is 10.2 Å². The van der Waals surface area contributed by atoms with Gasteiger partial charge in [0.15, 0.2) is 0 Å². The maximum absolute atomic E-state index is 5.17. The van der Waals surface area contributed by atoms with E-state index in [0.29, 0.717) is 6.61 Å². The molecule has 0 bridgehead atoms. The molecule has 1 aromatic heterocycles. The van der Waals surface area contributed by atoms with Gasteiger partial charge < -0.3 is 15.0 Å². The van der Waals surface area contributed by atoms with Gasteiger partial charge in [-0.25, -0.2) is 4.98 Å². The molecule has 5 nitrogen and oxygen atoms in total. The first kappa shape index (κ1) is 15.9. The third-order valence-electron chi connectivity index (χ3n) is 2.90. The van der Waals surface area contributed by atoms with Gasteiger partial charge in [0.05, 0.1) is 24.5 Å². The van der Waals surface area contributed by atoms with Crippen LogP contribution in [-0.2, 0) is 11.3 Å². The van der Waals surface area contributed by atoms with Crippen LogP contribution in [0.5, 0.6) is 0 Å². The van der Waals surface area contributed by atoms with Crippen molar-refractivity contribution in [1.82, 2.24) is 15.3 Å². The first-order valence-corrected chi connectivity index (χ1v) is 6.61. The minimum atomic E-state index is 0.0763. The van der Waals surface area contributed by atoms with Gasteiger partial charge in [-0.05, 0) is 27.7 Å². The fourth-order valence-corrected chi connectivity index (χ4v) is 1.58. The van der Waals surface area contributed by atoms with Crippen LogP contribution >= 0.6 is 0 Å². The molecule has 1 atom stereocenters. The molecule has 0 fully saturated rings. The monoisotopic (exact) mass is 266 g/mol. The molecule has 19 heavy (non-hydrogen) atoms. The van der Waals surface area contributed by atoms with E-state index in [4.69, 9.17) is 4.74 Å². The standard InChI is InChI=1S/C14H26N4O/c1-11(10-19-6)18(5)13-9-15-7-12(17-13)8-16-14(2,3)4/h7,9,11,16H,8,10H2,1-6H3. The molecule has 1 aromatic rings. The van der Waals surface area contributed by atoms with E-state index in [0.717, 1.165) is 18.1 Å². The number of hydrogen-bond donors (Lipinski definition) is 1. The molecule has 1 rings (SSSR count). The molecular weight excluding hydrogens is 240 g/mol. The zero-order valence-electron chi connectivity index (χ0n) is 12.9. The number of hydrogen-bond acceptors (Lipinski definition) is 5. The molecule has 0 aliphatic heterocycles. The van der Waals surface area contributed by atoms with E-state index in [9.17, 15) is 0 Å². The van der Waals surface area contributed by atoms with Crippen molar-refractivity contribution in [2.45, 2.75) is 45.8 Å². The fourth-order valence-electron chi connectivity index (χ4n) is 1.58. The van der Waals surface area contributed by atoms with E-state index in [1.165, 1.54) is 0 Å². The summed E-state index contributed by atoms with van der Waals surface area (Å²) in [5.74, 6) is 0.873. The number of likely N-dealkylation sites (N-methyl/N-ethyl adjacent to an activating group) is 1. The Morgan fingerprint density at radius 1 is 1.37 bits per heavy atom. The van der Waals surface area contributed by atoms with Crippen LogP contribution in [0.1, 0.15) is 33.4 Å². The van der Waals surface area contributed by atoms with E-state index in [1.54, 1.807) is 19.5 Å². The zero-order valence-corrected chi connectivity index (χ0v) is 12.9. The second kappa shape index (κ2) is 6.82. The Morgan fingerprint density at radius 3 is 2.63 bits per heavy atom. The number of ether oxygens (including phenoxy) is 1. The highest BCUT2D eigenvalue weighted by Crippen LogP contribution is 2.12. The molecule has 0 saturated carbocycles. The van der Waals surface area contributed by atoms with Gasteiger partial charge in [0.2, 0.25) is 0 Å². The first-order valence-electron chi connectivity index (χ1n) is 6.61. The second-order valence-electron chi connectivity index (χ2n) is 5.89. The summed E-state index contributed by atoms with van der Waals surface area (Å²) in [6, 6.07) is 0.269. The molecule has 0 aliphatic rings. The highest BCUT2D eigenvalue weighted by molar-refractivity contribution is 5.36. The molecule has 0 radical (unpaired) electrons. The van der Waals surface area contributed by atoms with Crippen LogP contribution in [0.15, 0.2) is 12.4 Å².